The van der Waals surface area contributed by atoms with Crippen LogP contribution >= 0.6 is 0 Å². The number of amides is 4. The van der Waals surface area contributed by atoms with Gasteiger partial charge in [0.25, 0.3) is 11.8 Å². The van der Waals surface area contributed by atoms with Gasteiger partial charge in [0.05, 0.1) is 0 Å². The molecular weight excluding hydrogens is 362 g/mol. The number of ether oxygens (including phenoxy) is 1. The Morgan fingerprint density at radius 2 is 1.75 bits per heavy atom. The molecule has 0 atom stereocenters. The smallest absolute Gasteiger partial charge is 0.344 e. The molecule has 1 saturated heterocycles. The fourth-order valence-electron chi connectivity index (χ4n) is 4.60. The van der Waals surface area contributed by atoms with E-state index in [9.17, 15) is 19.2 Å². The van der Waals surface area contributed by atoms with Crippen LogP contribution < -0.4 is 10.7 Å². The van der Waals surface area contributed by atoms with E-state index >= 15 is 0 Å². The van der Waals surface area contributed by atoms with E-state index in [1.54, 1.807) is 0 Å². The lowest BCUT2D eigenvalue weighted by Crippen LogP contribution is -2.51. The zero-order valence-electron chi connectivity index (χ0n) is 16.5. The predicted molar refractivity (Wildman–Crippen MR) is 101 cm³/mol. The number of hydrogen-bond donors (Lipinski definition) is 2. The molecule has 0 aromatic heterocycles. The highest BCUT2D eigenvalue weighted by molar-refractivity contribution is 6.08. The number of hydrazine groups is 1. The third-order valence-corrected chi connectivity index (χ3v) is 6.19. The lowest BCUT2D eigenvalue weighted by molar-refractivity contribution is -0.150. The second-order valence-electron chi connectivity index (χ2n) is 8.31. The molecule has 2 saturated carbocycles. The third-order valence-electron chi connectivity index (χ3n) is 6.19. The molecule has 0 aromatic rings. The van der Waals surface area contributed by atoms with Gasteiger partial charge >= 0.3 is 12.0 Å². The van der Waals surface area contributed by atoms with Crippen molar-refractivity contribution >= 4 is 23.8 Å². The number of esters is 1. The summed E-state index contributed by atoms with van der Waals surface area (Å²) in [7, 11) is 0. The molecule has 8 nitrogen and oxygen atoms in total. The van der Waals surface area contributed by atoms with Gasteiger partial charge in [0.1, 0.15) is 5.54 Å². The molecule has 3 rings (SSSR count). The number of imide groups is 1. The van der Waals surface area contributed by atoms with Gasteiger partial charge in [-0.3, -0.25) is 19.8 Å². The lowest BCUT2D eigenvalue weighted by atomic mass is 9.82. The summed E-state index contributed by atoms with van der Waals surface area (Å²) < 4.78 is 4.99. The Kier molecular flexibility index (Phi) is 6.91. The Labute approximate surface area is 165 Å². The van der Waals surface area contributed by atoms with Crippen molar-refractivity contribution in [3.63, 3.8) is 0 Å². The molecule has 1 aliphatic heterocycles. The molecule has 8 heteroatoms. The van der Waals surface area contributed by atoms with Crippen LogP contribution in [-0.2, 0) is 19.1 Å². The van der Waals surface area contributed by atoms with E-state index in [0.717, 1.165) is 37.1 Å². The minimum Gasteiger partial charge on any atom is -0.455 e. The van der Waals surface area contributed by atoms with Crippen LogP contribution in [0, 0.1) is 5.92 Å². The van der Waals surface area contributed by atoms with Gasteiger partial charge in [-0.05, 0) is 31.6 Å². The highest BCUT2D eigenvalue weighted by Gasteiger charge is 2.52. The van der Waals surface area contributed by atoms with Crippen molar-refractivity contribution in [2.45, 2.75) is 89.0 Å². The molecule has 3 aliphatic rings. The predicted octanol–water partition coefficient (Wildman–Crippen LogP) is 2.57. The summed E-state index contributed by atoms with van der Waals surface area (Å²) in [6.45, 7) is -0.494. The van der Waals surface area contributed by atoms with Gasteiger partial charge in [0.15, 0.2) is 6.61 Å². The molecular formula is C20H31N3O5. The molecule has 0 radical (unpaired) electrons. The van der Waals surface area contributed by atoms with E-state index < -0.39 is 36.0 Å². The number of nitrogens with zero attached hydrogens (tertiary/aromatic N) is 1. The fraction of sp³-hybridized carbons (Fsp3) is 0.800. The van der Waals surface area contributed by atoms with Gasteiger partial charge in [-0.15, -0.1) is 0 Å². The van der Waals surface area contributed by atoms with Crippen LogP contribution in [0.4, 0.5) is 4.79 Å². The van der Waals surface area contributed by atoms with E-state index in [0.29, 0.717) is 18.8 Å². The van der Waals surface area contributed by atoms with Crippen LogP contribution in [0.1, 0.15) is 83.5 Å². The van der Waals surface area contributed by atoms with Crippen molar-refractivity contribution < 1.29 is 23.9 Å². The van der Waals surface area contributed by atoms with E-state index in [1.807, 2.05) is 0 Å². The van der Waals surface area contributed by atoms with Gasteiger partial charge < -0.3 is 10.1 Å². The zero-order valence-corrected chi connectivity index (χ0v) is 16.5. The number of carbonyl (C=O) groups is 4. The highest BCUT2D eigenvalue weighted by atomic mass is 16.5. The van der Waals surface area contributed by atoms with Crippen molar-refractivity contribution in [3.05, 3.63) is 0 Å². The first-order valence-electron chi connectivity index (χ1n) is 10.6. The maximum atomic E-state index is 12.6. The first-order valence-corrected chi connectivity index (χ1v) is 10.6. The maximum absolute atomic E-state index is 12.6. The molecule has 1 spiro atoms. The van der Waals surface area contributed by atoms with Gasteiger partial charge in [0, 0.05) is 6.42 Å². The van der Waals surface area contributed by atoms with E-state index in [4.69, 9.17) is 4.74 Å². The average Bonchev–Trinajstić information content (AvgIpc) is 2.92. The summed E-state index contributed by atoms with van der Waals surface area (Å²) in [6, 6.07) is -0.626. The van der Waals surface area contributed by atoms with Crippen molar-refractivity contribution in [3.8, 4) is 0 Å². The van der Waals surface area contributed by atoms with Gasteiger partial charge in [-0.1, -0.05) is 51.4 Å². The monoisotopic (exact) mass is 393 g/mol. The standard InChI is InChI=1S/C20H31N3O5/c24-16(14-28-17(25)11-7-10-15-8-3-1-4-9-15)22-23-18(26)20(21-19(23)27)12-5-2-6-13-20/h15H,1-14H2,(H,21,27)(H,22,24). The highest BCUT2D eigenvalue weighted by Crippen LogP contribution is 2.33. The summed E-state index contributed by atoms with van der Waals surface area (Å²) in [5.74, 6) is -0.829. The normalized spacial score (nSPS) is 22.2. The molecule has 156 valence electrons. The third kappa shape index (κ3) is 5.02. The number of urea groups is 1. The van der Waals surface area contributed by atoms with Crippen molar-refractivity contribution in [1.82, 2.24) is 15.8 Å². The number of rotatable bonds is 7. The molecule has 28 heavy (non-hydrogen) atoms. The van der Waals surface area contributed by atoms with Crippen LogP contribution in [0.25, 0.3) is 0 Å². The fourth-order valence-corrected chi connectivity index (χ4v) is 4.60. The maximum Gasteiger partial charge on any atom is 0.344 e. The minimum absolute atomic E-state index is 0.288. The summed E-state index contributed by atoms with van der Waals surface area (Å²) in [4.78, 5) is 48.5. The molecule has 0 bridgehead atoms. The van der Waals surface area contributed by atoms with Crippen LogP contribution in [0.5, 0.6) is 0 Å². The SMILES string of the molecule is O=C(COC(=O)CCCC1CCCCC1)NN1C(=O)NC2(CCCCC2)C1=O. The van der Waals surface area contributed by atoms with Crippen molar-refractivity contribution in [2.75, 3.05) is 6.61 Å². The molecule has 0 aromatic carbocycles. The van der Waals surface area contributed by atoms with Crippen LogP contribution in [0.3, 0.4) is 0 Å². The zero-order chi connectivity index (χ0) is 20.0. The van der Waals surface area contributed by atoms with E-state index in [-0.39, 0.29) is 6.42 Å². The Hall–Kier alpha value is -2.12. The quantitative estimate of drug-likeness (QED) is 0.511. The molecule has 2 N–H and O–H groups in total. The Morgan fingerprint density at radius 3 is 2.46 bits per heavy atom. The first kappa shape index (κ1) is 20.6. The largest absolute Gasteiger partial charge is 0.455 e. The number of carbonyl (C=O) groups excluding carboxylic acids is 4. The van der Waals surface area contributed by atoms with Crippen molar-refractivity contribution in [2.24, 2.45) is 5.92 Å². The van der Waals surface area contributed by atoms with Gasteiger partial charge in [-0.25, -0.2) is 4.79 Å². The number of nitrogens with one attached hydrogen (secondary N) is 2. The molecule has 0 unspecified atom stereocenters. The summed E-state index contributed by atoms with van der Waals surface area (Å²) in [5, 5.41) is 3.44. The van der Waals surface area contributed by atoms with Gasteiger partial charge in [-0.2, -0.15) is 5.01 Å². The summed E-state index contributed by atoms with van der Waals surface area (Å²) in [6.07, 6.45) is 12.4. The number of hydrogen-bond acceptors (Lipinski definition) is 5. The van der Waals surface area contributed by atoms with E-state index in [1.165, 1.54) is 32.1 Å². The van der Waals surface area contributed by atoms with Crippen LogP contribution in [-0.4, -0.2) is 41.0 Å². The Bertz CT molecular complexity index is 609. The minimum atomic E-state index is -0.890. The summed E-state index contributed by atoms with van der Waals surface area (Å²) in [5.41, 5.74) is 1.38. The summed E-state index contributed by atoms with van der Waals surface area (Å²) >= 11 is 0. The van der Waals surface area contributed by atoms with Crippen molar-refractivity contribution in [1.29, 1.82) is 0 Å². The molecule has 4 amide bonds. The lowest BCUT2D eigenvalue weighted by Gasteiger charge is -2.30. The Balaban J connectivity index is 1.36. The van der Waals surface area contributed by atoms with E-state index in [2.05, 4.69) is 10.7 Å². The first-order chi connectivity index (χ1) is 13.5. The molecule has 2 aliphatic carbocycles. The Morgan fingerprint density at radius 1 is 1.07 bits per heavy atom. The average molecular weight is 393 g/mol. The van der Waals surface area contributed by atoms with Gasteiger partial charge in [0.2, 0.25) is 0 Å². The second-order valence-corrected chi connectivity index (χ2v) is 8.31. The second kappa shape index (κ2) is 9.39. The topological polar surface area (TPSA) is 105 Å². The molecule has 3 fully saturated rings. The molecule has 1 heterocycles. The van der Waals surface area contributed by atoms with Crippen LogP contribution in [0.15, 0.2) is 0 Å². The van der Waals surface area contributed by atoms with Crippen LogP contribution in [0.2, 0.25) is 0 Å².